The molecule has 0 bridgehead atoms. The molecule has 23 heteroatoms. The van der Waals surface area contributed by atoms with Gasteiger partial charge >= 0.3 is 6.09 Å². The minimum atomic E-state index is -1.68. The first-order valence-corrected chi connectivity index (χ1v) is 30.2. The fraction of sp³-hybridized carbons (Fsp3) is 0.450. The summed E-state index contributed by atoms with van der Waals surface area (Å²) < 4.78 is 5.35. The third kappa shape index (κ3) is 18.9. The number of hydrogen-bond donors (Lipinski definition) is 9. The van der Waals surface area contributed by atoms with Crippen molar-refractivity contribution in [3.8, 4) is 5.75 Å². The number of carbonyl (C=O) groups excluding carboxylic acids is 8. The second-order valence-electron chi connectivity index (χ2n) is 22.0. The standard InChI is InChI=1S/C60H76N10O11S2/c1-37(71)52-57(78)67-48(34-38-15-7-6-8-16-38)58(79)69(5)49(25-26-51(73)70-31-27-42(28-32-70)82-83-50-20-12-14-29-61-50)56(77)66-46(33-39-21-23-41(72)24-22-39)54(75)65-47(35-40-36-63-44-18-10-9-17-43(40)44)55(76)64-45(53(74)68-52)19-11-13-30-62-59(80)81-60(2,3)4/h6-10,12,14-18,20-24,29,36-37,42,45-49,52,63,71-72H,11,13,19,25-28,30-35H2,1-5H3,(H,62,80)(H,64,76)(H,65,75)(H,66,77)(H,67,78)(H,68,74)/t37-,45+,46+,47-,48?,49+,52+/m1/s1. The van der Waals surface area contributed by atoms with Gasteiger partial charge in [0, 0.05) is 80.9 Å². The topological polar surface area (TPSA) is 294 Å². The maximum absolute atomic E-state index is 15.2. The summed E-state index contributed by atoms with van der Waals surface area (Å²) in [6.45, 7) is 7.55. The quantitative estimate of drug-likeness (QED) is 0.0419. The van der Waals surface area contributed by atoms with Crippen LogP contribution in [0.4, 0.5) is 4.79 Å². The number of phenols is 1. The molecule has 5 aromatic rings. The smallest absolute Gasteiger partial charge is 0.407 e. The summed E-state index contributed by atoms with van der Waals surface area (Å²) in [6.07, 6.45) is 2.47. The molecule has 2 aromatic heterocycles. The van der Waals surface area contributed by atoms with E-state index in [9.17, 15) is 34.2 Å². The van der Waals surface area contributed by atoms with Crippen molar-refractivity contribution in [3.05, 3.63) is 126 Å². The molecule has 0 aliphatic carbocycles. The van der Waals surface area contributed by atoms with E-state index in [0.29, 0.717) is 36.2 Å². The lowest BCUT2D eigenvalue weighted by molar-refractivity contribution is -0.144. The number of aliphatic hydroxyl groups is 1. The average Bonchev–Trinajstić information content (AvgIpc) is 4.10. The number of phenolic OH excluding ortho intramolecular Hbond substituents is 1. The van der Waals surface area contributed by atoms with Crippen LogP contribution in [-0.2, 0) is 57.6 Å². The molecular weight excluding hydrogens is 1100 g/mol. The van der Waals surface area contributed by atoms with Gasteiger partial charge in [-0.05, 0) is 124 Å². The number of unbranched alkanes of at least 4 members (excludes halogenated alkanes) is 1. The summed E-state index contributed by atoms with van der Waals surface area (Å²) in [7, 11) is 4.66. The molecule has 0 radical (unpaired) electrons. The molecule has 21 nitrogen and oxygen atoms in total. The Morgan fingerprint density at radius 1 is 0.723 bits per heavy atom. The lowest BCUT2D eigenvalue weighted by atomic mass is 9.99. The molecule has 2 aliphatic rings. The molecule has 9 N–H and O–H groups in total. The van der Waals surface area contributed by atoms with Crippen LogP contribution in [0.25, 0.3) is 10.9 Å². The van der Waals surface area contributed by atoms with Crippen molar-refractivity contribution >= 4 is 79.9 Å². The van der Waals surface area contributed by atoms with Crippen LogP contribution in [0.5, 0.6) is 5.75 Å². The minimum absolute atomic E-state index is 0.0397. The summed E-state index contributed by atoms with van der Waals surface area (Å²) in [5.41, 5.74) is 1.76. The second-order valence-corrected chi connectivity index (χ2v) is 24.5. The van der Waals surface area contributed by atoms with Crippen LogP contribution >= 0.6 is 21.6 Å². The van der Waals surface area contributed by atoms with Crippen LogP contribution in [-0.4, -0.2) is 157 Å². The number of benzene rings is 3. The van der Waals surface area contributed by atoms with Crippen LogP contribution in [0.2, 0.25) is 0 Å². The van der Waals surface area contributed by atoms with E-state index >= 15 is 14.4 Å². The van der Waals surface area contributed by atoms with Crippen LogP contribution in [0, 0.1) is 0 Å². The number of likely N-dealkylation sites (N-methyl/N-ethyl adjacent to an activating group) is 1. The first kappa shape index (κ1) is 63.0. The highest BCUT2D eigenvalue weighted by atomic mass is 33.1. The lowest BCUT2D eigenvalue weighted by Gasteiger charge is -2.34. The molecule has 0 spiro atoms. The number of fused-ring (bicyclic) bond motifs is 1. The number of amides is 8. The first-order valence-electron chi connectivity index (χ1n) is 28.0. The number of alkyl carbamates (subject to hydrolysis) is 1. The highest BCUT2D eigenvalue weighted by Gasteiger charge is 2.39. The number of aromatic amines is 1. The first-order chi connectivity index (χ1) is 39.7. The molecule has 1 unspecified atom stereocenters. The van der Waals surface area contributed by atoms with Crippen LogP contribution < -0.4 is 31.9 Å². The van der Waals surface area contributed by atoms with E-state index in [1.165, 1.54) is 26.1 Å². The van der Waals surface area contributed by atoms with Gasteiger partial charge in [0.1, 0.15) is 52.6 Å². The number of ether oxygens (including phenoxy) is 1. The number of nitrogens with one attached hydrogen (secondary N) is 7. The number of aromatic hydroxyl groups is 1. The van der Waals surface area contributed by atoms with Crippen LogP contribution in [0.1, 0.15) is 89.3 Å². The Kier molecular flexibility index (Phi) is 22.8. The highest BCUT2D eigenvalue weighted by molar-refractivity contribution is 8.76. The van der Waals surface area contributed by atoms with Gasteiger partial charge < -0.3 is 61.6 Å². The van der Waals surface area contributed by atoms with E-state index in [1.807, 2.05) is 42.5 Å². The number of nitrogens with zero attached hydrogens (tertiary/aromatic N) is 3. The van der Waals surface area contributed by atoms with Gasteiger partial charge in [0.2, 0.25) is 41.4 Å². The van der Waals surface area contributed by atoms with E-state index < -0.39 is 89.5 Å². The molecular formula is C60H76N10O11S2. The van der Waals surface area contributed by atoms with Crippen LogP contribution in [0.15, 0.2) is 114 Å². The van der Waals surface area contributed by atoms with Crippen LogP contribution in [0.3, 0.4) is 0 Å². The maximum atomic E-state index is 15.2. The lowest BCUT2D eigenvalue weighted by Crippen LogP contribution is -2.63. The molecule has 83 heavy (non-hydrogen) atoms. The van der Waals surface area contributed by atoms with Crippen molar-refractivity contribution in [2.75, 3.05) is 26.7 Å². The monoisotopic (exact) mass is 1180 g/mol. The molecule has 8 amide bonds. The molecule has 7 atom stereocenters. The Hall–Kier alpha value is -7.63. The van der Waals surface area contributed by atoms with E-state index in [-0.39, 0.29) is 68.4 Å². The number of piperidine rings is 1. The Labute approximate surface area is 491 Å². The summed E-state index contributed by atoms with van der Waals surface area (Å²) in [4.78, 5) is 127. The fourth-order valence-electron chi connectivity index (χ4n) is 9.87. The van der Waals surface area contributed by atoms with E-state index in [0.717, 1.165) is 33.7 Å². The number of carbonyl (C=O) groups is 8. The highest BCUT2D eigenvalue weighted by Crippen LogP contribution is 2.37. The van der Waals surface area contributed by atoms with Gasteiger partial charge in [0.25, 0.3) is 0 Å². The SMILES string of the molecule is C[C@@H](O)[C@@H]1NC(=O)[C@H](CCCCNC(=O)OC(C)(C)C)NC(=O)[C@@H](Cc2c[nH]c3ccccc23)NC(=O)[C@H](Cc2ccc(O)cc2)NC(=O)[C@H](CCC(=O)N2CCC(SSc3ccccn3)CC2)N(C)C(=O)C(Cc2ccccc2)NC1=O. The van der Waals surface area contributed by atoms with Gasteiger partial charge in [-0.25, -0.2) is 9.78 Å². The van der Waals surface area contributed by atoms with Gasteiger partial charge in [-0.3, -0.25) is 33.6 Å². The Balaban J connectivity index is 1.23. The Morgan fingerprint density at radius 2 is 1.34 bits per heavy atom. The van der Waals surface area contributed by atoms with Crippen molar-refractivity contribution in [1.82, 2.24) is 51.7 Å². The Morgan fingerprint density at radius 3 is 2.02 bits per heavy atom. The number of likely N-dealkylation sites (tertiary alicyclic amines) is 1. The van der Waals surface area contributed by atoms with E-state index in [1.54, 1.807) is 102 Å². The number of rotatable bonds is 18. The molecule has 3 aromatic carbocycles. The van der Waals surface area contributed by atoms with Crippen molar-refractivity contribution < 1.29 is 53.3 Å². The molecule has 0 saturated carbocycles. The predicted octanol–water partition coefficient (Wildman–Crippen LogP) is 4.85. The van der Waals surface area contributed by atoms with Crippen molar-refractivity contribution in [1.29, 1.82) is 0 Å². The molecule has 2 aliphatic heterocycles. The van der Waals surface area contributed by atoms with Crippen molar-refractivity contribution in [2.45, 2.75) is 150 Å². The second kappa shape index (κ2) is 30.1. The van der Waals surface area contributed by atoms with Gasteiger partial charge in [-0.2, -0.15) is 0 Å². The largest absolute Gasteiger partial charge is 0.508 e. The third-order valence-corrected chi connectivity index (χ3v) is 17.2. The summed E-state index contributed by atoms with van der Waals surface area (Å²) in [5.74, 6) is -5.28. The Bertz CT molecular complexity index is 3010. The molecule has 2 fully saturated rings. The number of aliphatic hydroxyl groups excluding tert-OH is 1. The summed E-state index contributed by atoms with van der Waals surface area (Å²) in [5, 5.41) is 39.9. The van der Waals surface area contributed by atoms with E-state index in [4.69, 9.17) is 4.74 Å². The van der Waals surface area contributed by atoms with E-state index in [2.05, 4.69) is 41.9 Å². The van der Waals surface area contributed by atoms with Crippen molar-refractivity contribution in [3.63, 3.8) is 0 Å². The number of pyridine rings is 1. The number of para-hydroxylation sites is 1. The van der Waals surface area contributed by atoms with Crippen molar-refractivity contribution in [2.24, 2.45) is 0 Å². The normalized spacial score (nSPS) is 21.4. The maximum Gasteiger partial charge on any atom is 0.407 e. The molecule has 7 rings (SSSR count). The van der Waals surface area contributed by atoms with Gasteiger partial charge in [0.05, 0.1) is 6.10 Å². The molecule has 4 heterocycles. The molecule has 444 valence electrons. The number of hydrogen-bond acceptors (Lipinski definition) is 14. The third-order valence-electron chi connectivity index (χ3n) is 14.4. The van der Waals surface area contributed by atoms with Gasteiger partial charge in [0.15, 0.2) is 0 Å². The number of H-pyrrole nitrogens is 1. The number of aromatic nitrogens is 2. The predicted molar refractivity (Wildman–Crippen MR) is 316 cm³/mol. The fourth-order valence-corrected chi connectivity index (χ4v) is 12.3. The summed E-state index contributed by atoms with van der Waals surface area (Å²) in [6, 6.07) is 19.1. The average molecular weight is 1180 g/mol. The zero-order valence-corrected chi connectivity index (χ0v) is 49.1. The zero-order chi connectivity index (χ0) is 59.6. The minimum Gasteiger partial charge on any atom is -0.508 e. The zero-order valence-electron chi connectivity index (χ0n) is 47.4. The molecule has 2 saturated heterocycles. The van der Waals surface area contributed by atoms with Gasteiger partial charge in [-0.15, -0.1) is 0 Å². The van der Waals surface area contributed by atoms with Gasteiger partial charge in [-0.1, -0.05) is 77.5 Å². The summed E-state index contributed by atoms with van der Waals surface area (Å²) >= 11 is 0.